The van der Waals surface area contributed by atoms with Gasteiger partial charge in [-0.1, -0.05) is 6.92 Å². The summed E-state index contributed by atoms with van der Waals surface area (Å²) in [6, 6.07) is 1.27. The fourth-order valence-electron chi connectivity index (χ4n) is 2.71. The van der Waals surface area contributed by atoms with Crippen molar-refractivity contribution in [2.45, 2.75) is 59.2 Å². The van der Waals surface area contributed by atoms with Crippen molar-refractivity contribution in [3.8, 4) is 0 Å². The van der Waals surface area contributed by atoms with Gasteiger partial charge in [0.25, 0.3) is 0 Å². The highest BCUT2D eigenvalue weighted by Crippen LogP contribution is 2.20. The largest absolute Gasteiger partial charge is 0.444 e. The van der Waals surface area contributed by atoms with Crippen molar-refractivity contribution in [1.29, 1.82) is 0 Å². The van der Waals surface area contributed by atoms with Gasteiger partial charge in [0.15, 0.2) is 0 Å². The number of oxazole rings is 1. The first-order valence-electron chi connectivity index (χ1n) is 7.00. The van der Waals surface area contributed by atoms with Crippen LogP contribution in [0, 0.1) is 13.8 Å². The van der Waals surface area contributed by atoms with Crippen LogP contribution in [0.4, 0.5) is 0 Å². The SMILES string of the molecule is CCNC1CCN(Cc2nc(C)c(C)o2)C(C)C1. The lowest BCUT2D eigenvalue weighted by Gasteiger charge is -2.37. The highest BCUT2D eigenvalue weighted by Gasteiger charge is 2.25. The van der Waals surface area contributed by atoms with E-state index in [-0.39, 0.29) is 0 Å². The predicted octanol–water partition coefficient (Wildman–Crippen LogP) is 2.25. The molecule has 0 bridgehead atoms. The molecular weight excluding hydrogens is 226 g/mol. The fraction of sp³-hybridized carbons (Fsp3) is 0.786. The number of likely N-dealkylation sites (tertiary alicyclic amines) is 1. The van der Waals surface area contributed by atoms with Gasteiger partial charge in [0, 0.05) is 18.6 Å². The van der Waals surface area contributed by atoms with Crippen LogP contribution in [0.2, 0.25) is 0 Å². The van der Waals surface area contributed by atoms with Crippen molar-refractivity contribution < 1.29 is 4.42 Å². The lowest BCUT2D eigenvalue weighted by atomic mass is 9.98. The Morgan fingerprint density at radius 3 is 2.78 bits per heavy atom. The number of hydrogen-bond donors (Lipinski definition) is 1. The van der Waals surface area contributed by atoms with Crippen LogP contribution in [0.1, 0.15) is 44.0 Å². The van der Waals surface area contributed by atoms with Crippen molar-refractivity contribution in [2.24, 2.45) is 0 Å². The first-order chi connectivity index (χ1) is 8.60. The zero-order chi connectivity index (χ0) is 13.1. The Morgan fingerprint density at radius 1 is 1.44 bits per heavy atom. The van der Waals surface area contributed by atoms with E-state index in [4.69, 9.17) is 4.42 Å². The molecule has 0 spiro atoms. The van der Waals surface area contributed by atoms with Gasteiger partial charge in [-0.25, -0.2) is 4.98 Å². The van der Waals surface area contributed by atoms with E-state index in [1.165, 1.54) is 12.8 Å². The average molecular weight is 251 g/mol. The monoisotopic (exact) mass is 251 g/mol. The Bertz CT molecular complexity index is 369. The standard InChI is InChI=1S/C14H25N3O/c1-5-15-13-6-7-17(10(2)8-13)9-14-16-11(3)12(4)18-14/h10,13,15H,5-9H2,1-4H3. The lowest BCUT2D eigenvalue weighted by Crippen LogP contribution is -2.46. The van der Waals surface area contributed by atoms with Gasteiger partial charge in [0.2, 0.25) is 5.89 Å². The van der Waals surface area contributed by atoms with Gasteiger partial charge in [-0.3, -0.25) is 4.90 Å². The van der Waals surface area contributed by atoms with Crippen LogP contribution in [0.5, 0.6) is 0 Å². The van der Waals surface area contributed by atoms with Crippen molar-refractivity contribution >= 4 is 0 Å². The van der Waals surface area contributed by atoms with Crippen LogP contribution >= 0.6 is 0 Å². The van der Waals surface area contributed by atoms with Gasteiger partial charge in [0.1, 0.15) is 5.76 Å². The summed E-state index contributed by atoms with van der Waals surface area (Å²) in [6.07, 6.45) is 2.43. The molecule has 2 heterocycles. The normalized spacial score (nSPS) is 25.6. The molecule has 1 fully saturated rings. The average Bonchev–Trinajstić information content (AvgIpc) is 2.62. The van der Waals surface area contributed by atoms with Gasteiger partial charge in [0.05, 0.1) is 12.2 Å². The quantitative estimate of drug-likeness (QED) is 0.891. The van der Waals surface area contributed by atoms with Crippen LogP contribution in [-0.2, 0) is 6.54 Å². The van der Waals surface area contributed by atoms with Gasteiger partial charge in [-0.15, -0.1) is 0 Å². The smallest absolute Gasteiger partial charge is 0.208 e. The molecule has 1 aliphatic heterocycles. The highest BCUT2D eigenvalue weighted by molar-refractivity contribution is 5.05. The molecule has 0 amide bonds. The van der Waals surface area contributed by atoms with Crippen LogP contribution in [-0.4, -0.2) is 35.1 Å². The van der Waals surface area contributed by atoms with E-state index in [2.05, 4.69) is 29.0 Å². The number of hydrogen-bond acceptors (Lipinski definition) is 4. The molecule has 0 aromatic carbocycles. The van der Waals surface area contributed by atoms with E-state index >= 15 is 0 Å². The van der Waals surface area contributed by atoms with Gasteiger partial charge in [-0.05, 0) is 40.2 Å². The number of piperidine rings is 1. The van der Waals surface area contributed by atoms with Crippen LogP contribution < -0.4 is 5.32 Å². The molecule has 0 aliphatic carbocycles. The van der Waals surface area contributed by atoms with Crippen LogP contribution in [0.25, 0.3) is 0 Å². The lowest BCUT2D eigenvalue weighted by molar-refractivity contribution is 0.118. The van der Waals surface area contributed by atoms with E-state index in [0.717, 1.165) is 37.0 Å². The summed E-state index contributed by atoms with van der Waals surface area (Å²) < 4.78 is 5.67. The molecule has 1 N–H and O–H groups in total. The van der Waals surface area contributed by atoms with E-state index in [1.807, 2.05) is 13.8 Å². The Kier molecular flexibility index (Phi) is 4.40. The molecule has 1 aromatic heterocycles. The molecule has 2 unspecified atom stereocenters. The summed E-state index contributed by atoms with van der Waals surface area (Å²) in [7, 11) is 0. The van der Waals surface area contributed by atoms with Gasteiger partial charge in [-0.2, -0.15) is 0 Å². The second-order valence-corrected chi connectivity index (χ2v) is 5.35. The summed E-state index contributed by atoms with van der Waals surface area (Å²) in [6.45, 7) is 11.5. The summed E-state index contributed by atoms with van der Waals surface area (Å²) in [4.78, 5) is 6.94. The van der Waals surface area contributed by atoms with Crippen LogP contribution in [0.15, 0.2) is 4.42 Å². The molecule has 2 rings (SSSR count). The molecule has 4 nitrogen and oxygen atoms in total. The van der Waals surface area contributed by atoms with Crippen molar-refractivity contribution in [2.75, 3.05) is 13.1 Å². The third-order valence-electron chi connectivity index (χ3n) is 3.92. The van der Waals surface area contributed by atoms with E-state index in [9.17, 15) is 0 Å². The van der Waals surface area contributed by atoms with Crippen molar-refractivity contribution in [1.82, 2.24) is 15.2 Å². The third kappa shape index (κ3) is 3.12. The van der Waals surface area contributed by atoms with Crippen molar-refractivity contribution in [3.63, 3.8) is 0 Å². The second-order valence-electron chi connectivity index (χ2n) is 5.35. The Hall–Kier alpha value is -0.870. The number of rotatable bonds is 4. The molecule has 1 saturated heterocycles. The van der Waals surface area contributed by atoms with E-state index in [0.29, 0.717) is 12.1 Å². The zero-order valence-electron chi connectivity index (χ0n) is 12.0. The molecule has 1 aliphatic rings. The fourth-order valence-corrected chi connectivity index (χ4v) is 2.71. The first-order valence-corrected chi connectivity index (χ1v) is 7.00. The maximum atomic E-state index is 5.67. The molecule has 4 heteroatoms. The predicted molar refractivity (Wildman–Crippen MR) is 72.5 cm³/mol. The number of aromatic nitrogens is 1. The van der Waals surface area contributed by atoms with E-state index in [1.54, 1.807) is 0 Å². The number of nitrogens with one attached hydrogen (secondary N) is 1. The molecule has 18 heavy (non-hydrogen) atoms. The number of aryl methyl sites for hydroxylation is 2. The first kappa shape index (κ1) is 13.6. The summed E-state index contributed by atoms with van der Waals surface area (Å²) in [5.74, 6) is 1.80. The summed E-state index contributed by atoms with van der Waals surface area (Å²) >= 11 is 0. The Morgan fingerprint density at radius 2 is 2.22 bits per heavy atom. The zero-order valence-corrected chi connectivity index (χ0v) is 12.0. The molecule has 102 valence electrons. The summed E-state index contributed by atoms with van der Waals surface area (Å²) in [5.41, 5.74) is 1.01. The minimum atomic E-state index is 0.593. The minimum Gasteiger partial charge on any atom is -0.444 e. The minimum absolute atomic E-state index is 0.593. The molecule has 2 atom stereocenters. The summed E-state index contributed by atoms with van der Waals surface area (Å²) in [5, 5.41) is 3.55. The highest BCUT2D eigenvalue weighted by atomic mass is 16.4. The van der Waals surface area contributed by atoms with Gasteiger partial charge >= 0.3 is 0 Å². The van der Waals surface area contributed by atoms with Crippen molar-refractivity contribution in [3.05, 3.63) is 17.3 Å². The maximum Gasteiger partial charge on any atom is 0.208 e. The third-order valence-corrected chi connectivity index (χ3v) is 3.92. The molecular formula is C14H25N3O. The Balaban J connectivity index is 1.91. The molecule has 0 radical (unpaired) electrons. The molecule has 0 saturated carbocycles. The second kappa shape index (κ2) is 5.85. The van der Waals surface area contributed by atoms with Gasteiger partial charge < -0.3 is 9.73 Å². The maximum absolute atomic E-state index is 5.67. The topological polar surface area (TPSA) is 41.3 Å². The Labute approximate surface area is 110 Å². The van der Waals surface area contributed by atoms with E-state index < -0.39 is 0 Å². The number of nitrogens with zero attached hydrogens (tertiary/aromatic N) is 2. The van der Waals surface area contributed by atoms with Crippen LogP contribution in [0.3, 0.4) is 0 Å². The molecule has 1 aromatic rings.